The fraction of sp³-hybridized carbons (Fsp3) is 0. The Morgan fingerprint density at radius 1 is 0.413 bits per heavy atom. The number of aromatic nitrogens is 1. The lowest BCUT2D eigenvalue weighted by Crippen LogP contribution is -2.19. The van der Waals surface area contributed by atoms with E-state index in [2.05, 4.69) is 115 Å². The van der Waals surface area contributed by atoms with E-state index in [0.717, 1.165) is 60.4 Å². The van der Waals surface area contributed by atoms with Crippen LogP contribution in [0.4, 0.5) is 0 Å². The summed E-state index contributed by atoms with van der Waals surface area (Å²) in [6.07, 6.45) is 0. The van der Waals surface area contributed by atoms with Crippen molar-refractivity contribution in [3.05, 3.63) is 162 Å². The van der Waals surface area contributed by atoms with Crippen LogP contribution in [0.25, 0.3) is 92.7 Å². The van der Waals surface area contributed by atoms with Gasteiger partial charge < -0.3 is 4.42 Å². The topological polar surface area (TPSA) is 35.1 Å². The molecule has 0 bridgehead atoms. The van der Waals surface area contributed by atoms with Gasteiger partial charge in [0.05, 0.1) is 5.52 Å². The Labute approximate surface area is 263 Å². The SMILES string of the molecule is O=c1c2ccccc2c2cc(-c3cccc4c3oc3ccccc34)ccc2n1-c1ccc2c3ccccc3c3ccccc3c2c1. The molecule has 3 nitrogen and oxygen atoms in total. The van der Waals surface area contributed by atoms with Gasteiger partial charge in [-0.2, -0.15) is 0 Å². The minimum Gasteiger partial charge on any atom is -0.455 e. The molecule has 46 heavy (non-hydrogen) atoms. The predicted molar refractivity (Wildman–Crippen MR) is 192 cm³/mol. The first-order valence-corrected chi connectivity index (χ1v) is 15.6. The van der Waals surface area contributed by atoms with Gasteiger partial charge >= 0.3 is 0 Å². The predicted octanol–water partition coefficient (Wildman–Crippen LogP) is 11.2. The van der Waals surface area contributed by atoms with Crippen molar-refractivity contribution in [2.75, 3.05) is 0 Å². The Morgan fingerprint density at radius 3 is 1.70 bits per heavy atom. The average Bonchev–Trinajstić information content (AvgIpc) is 3.51. The van der Waals surface area contributed by atoms with Crippen molar-refractivity contribution >= 4 is 75.9 Å². The summed E-state index contributed by atoms with van der Waals surface area (Å²) < 4.78 is 8.28. The van der Waals surface area contributed by atoms with Crippen LogP contribution >= 0.6 is 0 Å². The van der Waals surface area contributed by atoms with Crippen LogP contribution in [0, 0.1) is 0 Å². The quantitative estimate of drug-likeness (QED) is 0.189. The summed E-state index contributed by atoms with van der Waals surface area (Å²) in [5, 5.41) is 12.0. The van der Waals surface area contributed by atoms with E-state index in [4.69, 9.17) is 4.42 Å². The molecule has 0 aliphatic rings. The van der Waals surface area contributed by atoms with Crippen LogP contribution in [0.1, 0.15) is 0 Å². The van der Waals surface area contributed by atoms with E-state index in [9.17, 15) is 4.79 Å². The van der Waals surface area contributed by atoms with Crippen molar-refractivity contribution in [3.8, 4) is 16.8 Å². The van der Waals surface area contributed by atoms with Gasteiger partial charge in [0.2, 0.25) is 0 Å². The zero-order chi connectivity index (χ0) is 30.4. The molecule has 0 aliphatic carbocycles. The summed E-state index contributed by atoms with van der Waals surface area (Å²) >= 11 is 0. The third-order valence-electron chi connectivity index (χ3n) is 9.59. The molecule has 0 amide bonds. The molecule has 0 saturated carbocycles. The van der Waals surface area contributed by atoms with Gasteiger partial charge in [0.1, 0.15) is 11.2 Å². The largest absolute Gasteiger partial charge is 0.455 e. The van der Waals surface area contributed by atoms with E-state index in [1.807, 2.05) is 41.0 Å². The van der Waals surface area contributed by atoms with E-state index >= 15 is 0 Å². The smallest absolute Gasteiger partial charge is 0.263 e. The molecule has 8 aromatic carbocycles. The van der Waals surface area contributed by atoms with Gasteiger partial charge in [0, 0.05) is 32.8 Å². The third-order valence-corrected chi connectivity index (χ3v) is 9.59. The first kappa shape index (κ1) is 25.2. The van der Waals surface area contributed by atoms with Gasteiger partial charge in [-0.3, -0.25) is 9.36 Å². The second kappa shape index (κ2) is 9.40. The zero-order valence-corrected chi connectivity index (χ0v) is 24.7. The van der Waals surface area contributed by atoms with E-state index in [-0.39, 0.29) is 5.56 Å². The van der Waals surface area contributed by atoms with Crippen LogP contribution in [-0.4, -0.2) is 4.57 Å². The van der Waals surface area contributed by atoms with Gasteiger partial charge in [-0.1, -0.05) is 115 Å². The molecule has 3 heteroatoms. The van der Waals surface area contributed by atoms with Gasteiger partial charge in [0.15, 0.2) is 0 Å². The Kier molecular flexibility index (Phi) is 5.15. The molecule has 10 rings (SSSR count). The van der Waals surface area contributed by atoms with Gasteiger partial charge in [-0.05, 0) is 79.7 Å². The van der Waals surface area contributed by atoms with Crippen LogP contribution in [0.2, 0.25) is 0 Å². The Hall–Kier alpha value is -6.19. The van der Waals surface area contributed by atoms with E-state index in [0.29, 0.717) is 5.39 Å². The second-order valence-electron chi connectivity index (χ2n) is 12.0. The summed E-state index contributed by atoms with van der Waals surface area (Å²) in [6, 6.07) is 52.4. The molecule has 10 aromatic rings. The maximum Gasteiger partial charge on any atom is 0.263 e. The van der Waals surface area contributed by atoms with Crippen LogP contribution in [0.5, 0.6) is 0 Å². The maximum atomic E-state index is 14.3. The molecule has 0 N–H and O–H groups in total. The minimum atomic E-state index is -0.0281. The Bertz CT molecular complexity index is 2910. The summed E-state index contributed by atoms with van der Waals surface area (Å²) in [5.41, 5.74) is 5.51. The summed E-state index contributed by atoms with van der Waals surface area (Å²) in [6.45, 7) is 0. The number of rotatable bonds is 2. The summed E-state index contributed by atoms with van der Waals surface area (Å²) in [4.78, 5) is 14.3. The van der Waals surface area contributed by atoms with Gasteiger partial charge in [0.25, 0.3) is 5.56 Å². The van der Waals surface area contributed by atoms with Crippen LogP contribution in [0.3, 0.4) is 0 Å². The Morgan fingerprint density at radius 2 is 0.978 bits per heavy atom. The summed E-state index contributed by atoms with van der Waals surface area (Å²) in [7, 11) is 0. The lowest BCUT2D eigenvalue weighted by atomic mass is 9.94. The fourth-order valence-corrected chi connectivity index (χ4v) is 7.51. The molecule has 0 radical (unpaired) electrons. The molecule has 0 spiro atoms. The highest BCUT2D eigenvalue weighted by molar-refractivity contribution is 6.25. The first-order chi connectivity index (χ1) is 22.7. The third kappa shape index (κ3) is 3.45. The molecule has 2 heterocycles. The number of nitrogens with zero attached hydrogens (tertiary/aromatic N) is 1. The number of para-hydroxylation sites is 2. The molecule has 0 aliphatic heterocycles. The standard InChI is InChI=1S/C43H25NO2/c45-43-37-16-6-5-14-33(37)39-24-26(28-17-9-18-36-35-15-7-8-19-41(35)46-42(28)36)20-23-40(39)44(43)27-21-22-34-31-12-2-1-10-29(31)30-11-3-4-13-32(30)38(34)25-27/h1-25H. The normalized spacial score (nSPS) is 12.0. The van der Waals surface area contributed by atoms with Crippen molar-refractivity contribution in [2.45, 2.75) is 0 Å². The second-order valence-corrected chi connectivity index (χ2v) is 12.0. The zero-order valence-electron chi connectivity index (χ0n) is 24.7. The highest BCUT2D eigenvalue weighted by Crippen LogP contribution is 2.39. The highest BCUT2D eigenvalue weighted by atomic mass is 16.3. The number of fused-ring (bicyclic) bond motifs is 12. The summed E-state index contributed by atoms with van der Waals surface area (Å²) in [5.74, 6) is 0. The number of benzene rings is 8. The van der Waals surface area contributed by atoms with E-state index in [1.165, 1.54) is 26.9 Å². The van der Waals surface area contributed by atoms with Crippen molar-refractivity contribution in [3.63, 3.8) is 0 Å². The number of hydrogen-bond acceptors (Lipinski definition) is 2. The molecular formula is C43H25NO2. The van der Waals surface area contributed by atoms with Crippen molar-refractivity contribution in [2.24, 2.45) is 0 Å². The lowest BCUT2D eigenvalue weighted by molar-refractivity contribution is 0.670. The minimum absolute atomic E-state index is 0.0281. The fourth-order valence-electron chi connectivity index (χ4n) is 7.51. The van der Waals surface area contributed by atoms with Gasteiger partial charge in [-0.25, -0.2) is 0 Å². The number of pyridine rings is 1. The van der Waals surface area contributed by atoms with Gasteiger partial charge in [-0.15, -0.1) is 0 Å². The van der Waals surface area contributed by atoms with Crippen molar-refractivity contribution < 1.29 is 4.42 Å². The molecule has 0 saturated heterocycles. The van der Waals surface area contributed by atoms with Crippen LogP contribution in [-0.2, 0) is 0 Å². The molecule has 0 fully saturated rings. The van der Waals surface area contributed by atoms with Crippen LogP contribution in [0.15, 0.2) is 161 Å². The molecule has 2 aromatic heterocycles. The maximum absolute atomic E-state index is 14.3. The molecule has 214 valence electrons. The van der Waals surface area contributed by atoms with Crippen molar-refractivity contribution in [1.29, 1.82) is 0 Å². The van der Waals surface area contributed by atoms with E-state index < -0.39 is 0 Å². The average molecular weight is 588 g/mol. The Balaban J connectivity index is 1.28. The van der Waals surface area contributed by atoms with E-state index in [1.54, 1.807) is 0 Å². The first-order valence-electron chi connectivity index (χ1n) is 15.6. The molecular weight excluding hydrogens is 562 g/mol. The van der Waals surface area contributed by atoms with Crippen LogP contribution < -0.4 is 5.56 Å². The van der Waals surface area contributed by atoms with Crippen molar-refractivity contribution in [1.82, 2.24) is 4.57 Å². The molecule has 0 unspecified atom stereocenters. The number of furan rings is 1. The monoisotopic (exact) mass is 587 g/mol. The molecule has 0 atom stereocenters. The number of hydrogen-bond donors (Lipinski definition) is 0. The lowest BCUT2D eigenvalue weighted by Gasteiger charge is -2.16. The highest BCUT2D eigenvalue weighted by Gasteiger charge is 2.17.